The molecule has 7 heteroatoms. The predicted octanol–water partition coefficient (Wildman–Crippen LogP) is 3.69. The van der Waals surface area contributed by atoms with E-state index in [2.05, 4.69) is 22.1 Å². The minimum absolute atomic E-state index is 0.109. The molecule has 1 aromatic heterocycles. The van der Waals surface area contributed by atoms with E-state index in [4.69, 9.17) is 16.0 Å². The van der Waals surface area contributed by atoms with Crippen LogP contribution in [-0.4, -0.2) is 41.0 Å². The number of halogens is 1. The Kier molecular flexibility index (Phi) is 4.75. The second kappa shape index (κ2) is 7.02. The summed E-state index contributed by atoms with van der Waals surface area (Å²) >= 11 is 7.52. The third kappa shape index (κ3) is 3.43. The van der Waals surface area contributed by atoms with Crippen LogP contribution in [0.25, 0.3) is 0 Å². The highest BCUT2D eigenvalue weighted by atomic mass is 35.5. The van der Waals surface area contributed by atoms with Crippen molar-refractivity contribution in [2.45, 2.75) is 41.8 Å². The van der Waals surface area contributed by atoms with Gasteiger partial charge in [0.25, 0.3) is 5.89 Å². The minimum Gasteiger partial charge on any atom is -0.425 e. The number of rotatable bonds is 4. The van der Waals surface area contributed by atoms with E-state index < -0.39 is 0 Å². The molecule has 0 saturated carbocycles. The van der Waals surface area contributed by atoms with E-state index >= 15 is 0 Å². The van der Waals surface area contributed by atoms with Crippen LogP contribution in [0.3, 0.4) is 0 Å². The molecule has 5 rings (SSSR count). The first-order valence-corrected chi connectivity index (χ1v) is 9.74. The average Bonchev–Trinajstić information content (AvgIpc) is 3.09. The molecule has 1 N–H and O–H groups in total. The molecule has 132 valence electrons. The highest BCUT2D eigenvalue weighted by molar-refractivity contribution is 7.99. The molecular formula is C18H20ClN3O2S. The molecule has 3 fully saturated rings. The Morgan fingerprint density at radius 1 is 1.36 bits per heavy atom. The Hall–Kier alpha value is -1.50. The van der Waals surface area contributed by atoms with Crippen LogP contribution in [0, 0.1) is 5.92 Å². The van der Waals surface area contributed by atoms with Crippen LogP contribution < -0.4 is 5.32 Å². The molecule has 0 radical (unpaired) electrons. The zero-order valence-electron chi connectivity index (χ0n) is 13.9. The van der Waals surface area contributed by atoms with Crippen molar-refractivity contribution in [1.82, 2.24) is 15.2 Å². The maximum Gasteiger partial charge on any atom is 0.307 e. The van der Waals surface area contributed by atoms with Crippen LogP contribution in [0.15, 0.2) is 44.9 Å². The summed E-state index contributed by atoms with van der Waals surface area (Å²) in [7, 11) is 0. The van der Waals surface area contributed by atoms with Gasteiger partial charge in [0, 0.05) is 17.0 Å². The molecule has 1 amide bonds. The van der Waals surface area contributed by atoms with Gasteiger partial charge in [-0.05, 0) is 62.7 Å². The number of oxazole rings is 1. The van der Waals surface area contributed by atoms with Gasteiger partial charge in [0.1, 0.15) is 0 Å². The summed E-state index contributed by atoms with van der Waals surface area (Å²) < 4.78 is 5.63. The summed E-state index contributed by atoms with van der Waals surface area (Å²) in [5.41, 5.74) is 0. The summed E-state index contributed by atoms with van der Waals surface area (Å²) in [4.78, 5) is 20.0. The summed E-state index contributed by atoms with van der Waals surface area (Å²) in [5.74, 6) is 0.422. The Balaban J connectivity index is 1.43. The standard InChI is InChI=1S/C18H20ClN3O2S/c1-11-16(12-6-8-22(11)9-7-12)21-17(23)18-20-10-15(24-18)25-14-5-3-2-4-13(14)19/h2-5,10-12,16H,6-9H2,1H3,(H,21,23). The van der Waals surface area contributed by atoms with Crippen molar-refractivity contribution in [1.29, 1.82) is 0 Å². The van der Waals surface area contributed by atoms with Gasteiger partial charge in [-0.25, -0.2) is 4.98 Å². The van der Waals surface area contributed by atoms with Crippen LogP contribution in [0.1, 0.15) is 30.5 Å². The molecule has 3 aliphatic heterocycles. The van der Waals surface area contributed by atoms with Crippen LogP contribution in [0.5, 0.6) is 0 Å². The Morgan fingerprint density at radius 3 is 2.84 bits per heavy atom. The zero-order chi connectivity index (χ0) is 17.4. The SMILES string of the molecule is CC1C(NC(=O)c2ncc(Sc3ccccc3Cl)o2)C2CCN1CC2. The predicted molar refractivity (Wildman–Crippen MR) is 97.1 cm³/mol. The van der Waals surface area contributed by atoms with Crippen molar-refractivity contribution in [2.24, 2.45) is 5.92 Å². The largest absolute Gasteiger partial charge is 0.425 e. The van der Waals surface area contributed by atoms with E-state index in [0.29, 0.717) is 22.1 Å². The van der Waals surface area contributed by atoms with E-state index in [1.165, 1.54) is 11.8 Å². The topological polar surface area (TPSA) is 58.4 Å². The molecule has 5 nitrogen and oxygen atoms in total. The van der Waals surface area contributed by atoms with Crippen molar-refractivity contribution in [3.63, 3.8) is 0 Å². The van der Waals surface area contributed by atoms with Gasteiger partial charge >= 0.3 is 5.91 Å². The van der Waals surface area contributed by atoms with E-state index in [9.17, 15) is 4.79 Å². The van der Waals surface area contributed by atoms with Gasteiger partial charge in [-0.15, -0.1) is 0 Å². The summed E-state index contributed by atoms with van der Waals surface area (Å²) in [6.45, 7) is 4.45. The number of carbonyl (C=O) groups excluding carboxylic acids is 1. The summed E-state index contributed by atoms with van der Waals surface area (Å²) in [6.07, 6.45) is 3.87. The van der Waals surface area contributed by atoms with E-state index in [1.807, 2.05) is 24.3 Å². The molecule has 4 heterocycles. The fourth-order valence-electron chi connectivity index (χ4n) is 3.81. The summed E-state index contributed by atoms with van der Waals surface area (Å²) in [6, 6.07) is 8.05. The number of hydrogen-bond acceptors (Lipinski definition) is 5. The van der Waals surface area contributed by atoms with Crippen molar-refractivity contribution in [3.05, 3.63) is 41.4 Å². The molecule has 1 aromatic carbocycles. The number of amides is 1. The first-order chi connectivity index (χ1) is 12.1. The maximum atomic E-state index is 12.5. The fraction of sp³-hybridized carbons (Fsp3) is 0.444. The molecule has 2 unspecified atom stereocenters. The minimum atomic E-state index is -0.239. The monoisotopic (exact) mass is 377 g/mol. The molecule has 2 atom stereocenters. The lowest BCUT2D eigenvalue weighted by atomic mass is 9.79. The number of benzene rings is 1. The molecule has 0 spiro atoms. The number of hydrogen-bond donors (Lipinski definition) is 1. The van der Waals surface area contributed by atoms with Crippen molar-refractivity contribution < 1.29 is 9.21 Å². The van der Waals surface area contributed by atoms with E-state index in [1.54, 1.807) is 6.20 Å². The van der Waals surface area contributed by atoms with Crippen LogP contribution in [-0.2, 0) is 0 Å². The number of fused-ring (bicyclic) bond motifs is 3. The van der Waals surface area contributed by atoms with Gasteiger partial charge < -0.3 is 9.73 Å². The third-order valence-electron chi connectivity index (χ3n) is 5.20. The lowest BCUT2D eigenvalue weighted by Gasteiger charge is -2.49. The molecule has 2 aromatic rings. The van der Waals surface area contributed by atoms with E-state index in [0.717, 1.165) is 30.8 Å². The number of nitrogens with zero attached hydrogens (tertiary/aromatic N) is 2. The van der Waals surface area contributed by atoms with Crippen LogP contribution in [0.4, 0.5) is 0 Å². The van der Waals surface area contributed by atoms with Crippen molar-refractivity contribution in [2.75, 3.05) is 13.1 Å². The second-order valence-electron chi connectivity index (χ2n) is 6.63. The normalized spacial score (nSPS) is 28.1. The van der Waals surface area contributed by atoms with Gasteiger partial charge in [-0.2, -0.15) is 0 Å². The molecular weight excluding hydrogens is 358 g/mol. The van der Waals surface area contributed by atoms with Crippen LogP contribution >= 0.6 is 23.4 Å². The van der Waals surface area contributed by atoms with Gasteiger partial charge in [0.2, 0.25) is 0 Å². The highest BCUT2D eigenvalue weighted by Gasteiger charge is 2.40. The highest BCUT2D eigenvalue weighted by Crippen LogP contribution is 2.34. The van der Waals surface area contributed by atoms with Crippen molar-refractivity contribution in [3.8, 4) is 0 Å². The number of aromatic nitrogens is 1. The first kappa shape index (κ1) is 16.9. The fourth-order valence-corrected chi connectivity index (χ4v) is 4.81. The van der Waals surface area contributed by atoms with Gasteiger partial charge in [-0.1, -0.05) is 23.7 Å². The van der Waals surface area contributed by atoms with Gasteiger partial charge in [-0.3, -0.25) is 9.69 Å². The van der Waals surface area contributed by atoms with Gasteiger partial charge in [0.05, 0.1) is 11.2 Å². The molecule has 0 aliphatic carbocycles. The number of carbonyl (C=O) groups is 1. The second-order valence-corrected chi connectivity index (χ2v) is 8.08. The smallest absolute Gasteiger partial charge is 0.307 e. The van der Waals surface area contributed by atoms with Crippen LogP contribution in [0.2, 0.25) is 5.02 Å². The maximum absolute atomic E-state index is 12.5. The third-order valence-corrected chi connectivity index (χ3v) is 6.61. The number of piperidine rings is 3. The Morgan fingerprint density at radius 2 is 2.12 bits per heavy atom. The zero-order valence-corrected chi connectivity index (χ0v) is 15.5. The molecule has 3 aliphatic rings. The first-order valence-electron chi connectivity index (χ1n) is 8.55. The lowest BCUT2D eigenvalue weighted by molar-refractivity contribution is 0.0209. The van der Waals surface area contributed by atoms with E-state index in [-0.39, 0.29) is 17.8 Å². The van der Waals surface area contributed by atoms with Crippen molar-refractivity contribution >= 4 is 29.3 Å². The van der Waals surface area contributed by atoms with Gasteiger partial charge in [0.15, 0.2) is 5.09 Å². The average molecular weight is 378 g/mol. The lowest BCUT2D eigenvalue weighted by Crippen LogP contribution is -2.62. The number of nitrogens with one attached hydrogen (secondary N) is 1. The summed E-state index contributed by atoms with van der Waals surface area (Å²) in [5, 5.41) is 4.34. The Labute approximate surface area is 156 Å². The molecule has 2 bridgehead atoms. The molecule has 25 heavy (non-hydrogen) atoms. The quantitative estimate of drug-likeness (QED) is 0.880. The Bertz CT molecular complexity index is 771. The molecule has 3 saturated heterocycles.